The van der Waals surface area contributed by atoms with E-state index in [-0.39, 0.29) is 12.5 Å². The molecule has 2 rings (SSSR count). The average Bonchev–Trinajstić information content (AvgIpc) is 2.64. The van der Waals surface area contributed by atoms with Gasteiger partial charge in [-0.3, -0.25) is 4.79 Å². The number of nitrogens with one attached hydrogen (secondary N) is 1. The zero-order valence-corrected chi connectivity index (χ0v) is 16.0. The molecule has 0 unspecified atom stereocenters. The van der Waals surface area contributed by atoms with E-state index in [4.69, 9.17) is 9.47 Å². The van der Waals surface area contributed by atoms with Crippen LogP contribution >= 0.6 is 11.8 Å². The molecular formula is C20H23NO4S. The highest BCUT2D eigenvalue weighted by atomic mass is 32.2. The lowest BCUT2D eigenvalue weighted by Gasteiger charge is -2.11. The molecule has 0 aliphatic rings. The average molecular weight is 373 g/mol. The van der Waals surface area contributed by atoms with Crippen molar-refractivity contribution in [3.05, 3.63) is 59.2 Å². The second-order valence-electron chi connectivity index (χ2n) is 5.74. The molecule has 0 fully saturated rings. The van der Waals surface area contributed by atoms with Crippen LogP contribution in [0.4, 0.5) is 0 Å². The van der Waals surface area contributed by atoms with Gasteiger partial charge in [0.15, 0.2) is 6.61 Å². The van der Waals surface area contributed by atoms with Crippen molar-refractivity contribution >= 4 is 23.6 Å². The third-order valence-electron chi connectivity index (χ3n) is 3.67. The van der Waals surface area contributed by atoms with Gasteiger partial charge in [-0.1, -0.05) is 29.8 Å². The van der Waals surface area contributed by atoms with Crippen LogP contribution in [-0.4, -0.2) is 37.9 Å². The lowest BCUT2D eigenvalue weighted by atomic mass is 10.1. The molecule has 0 radical (unpaired) electrons. The van der Waals surface area contributed by atoms with Gasteiger partial charge in [0.1, 0.15) is 12.4 Å². The second kappa shape index (κ2) is 9.87. The molecule has 0 bridgehead atoms. The van der Waals surface area contributed by atoms with Crippen molar-refractivity contribution in [2.24, 2.45) is 0 Å². The van der Waals surface area contributed by atoms with E-state index in [0.717, 1.165) is 16.2 Å². The Kier molecular flexibility index (Phi) is 7.53. The quantitative estimate of drug-likeness (QED) is 0.437. The van der Waals surface area contributed by atoms with Gasteiger partial charge in [-0.15, -0.1) is 11.8 Å². The Hall–Kier alpha value is -2.47. The Balaban J connectivity index is 1.71. The Bertz CT molecular complexity index is 776. The fourth-order valence-electron chi connectivity index (χ4n) is 2.39. The van der Waals surface area contributed by atoms with E-state index in [0.29, 0.717) is 18.7 Å². The van der Waals surface area contributed by atoms with Gasteiger partial charge in [0.05, 0.1) is 12.1 Å². The van der Waals surface area contributed by atoms with Crippen LogP contribution in [-0.2, 0) is 9.53 Å². The standard InChI is InChI=1S/C20H23NO4S/c1-14-8-9-17(15(2)12-14)24-11-10-21-19(22)13-25-20(23)16-6-4-5-7-18(16)26-3/h4-9,12H,10-11,13H2,1-3H3,(H,21,22). The molecule has 0 spiro atoms. The molecule has 2 aromatic carbocycles. The van der Waals surface area contributed by atoms with E-state index in [1.54, 1.807) is 12.1 Å². The van der Waals surface area contributed by atoms with Crippen molar-refractivity contribution in [1.82, 2.24) is 5.32 Å². The summed E-state index contributed by atoms with van der Waals surface area (Å²) in [5.74, 6) is -0.0641. The molecule has 0 aliphatic carbocycles. The number of aryl methyl sites for hydroxylation is 2. The first-order chi connectivity index (χ1) is 12.5. The monoisotopic (exact) mass is 373 g/mol. The van der Waals surface area contributed by atoms with Crippen molar-refractivity contribution < 1.29 is 19.1 Å². The van der Waals surface area contributed by atoms with Crippen LogP contribution in [0.25, 0.3) is 0 Å². The zero-order chi connectivity index (χ0) is 18.9. The van der Waals surface area contributed by atoms with Crippen LogP contribution in [0.15, 0.2) is 47.4 Å². The van der Waals surface area contributed by atoms with Gasteiger partial charge < -0.3 is 14.8 Å². The van der Waals surface area contributed by atoms with Crippen molar-refractivity contribution in [2.75, 3.05) is 26.0 Å². The number of carbonyl (C=O) groups is 2. The van der Waals surface area contributed by atoms with Crippen molar-refractivity contribution in [3.63, 3.8) is 0 Å². The minimum Gasteiger partial charge on any atom is -0.491 e. The first kappa shape index (κ1) is 19.8. The van der Waals surface area contributed by atoms with Gasteiger partial charge in [0.25, 0.3) is 5.91 Å². The largest absolute Gasteiger partial charge is 0.491 e. The molecule has 1 N–H and O–H groups in total. The topological polar surface area (TPSA) is 64.6 Å². The van der Waals surface area contributed by atoms with Gasteiger partial charge in [-0.05, 0) is 43.9 Å². The number of carbonyl (C=O) groups excluding carboxylic acids is 2. The van der Waals surface area contributed by atoms with E-state index >= 15 is 0 Å². The molecule has 0 heterocycles. The molecule has 138 valence electrons. The molecule has 0 atom stereocenters. The summed E-state index contributed by atoms with van der Waals surface area (Å²) in [7, 11) is 0. The van der Waals surface area contributed by atoms with Crippen LogP contribution in [0, 0.1) is 13.8 Å². The Morgan fingerprint density at radius 2 is 1.88 bits per heavy atom. The maximum absolute atomic E-state index is 12.1. The van der Waals surface area contributed by atoms with Gasteiger partial charge in [-0.25, -0.2) is 4.79 Å². The van der Waals surface area contributed by atoms with Gasteiger partial charge in [0, 0.05) is 4.90 Å². The number of hydrogen-bond donors (Lipinski definition) is 1. The lowest BCUT2D eigenvalue weighted by molar-refractivity contribution is -0.124. The number of rotatable bonds is 8. The molecule has 5 nitrogen and oxygen atoms in total. The summed E-state index contributed by atoms with van der Waals surface area (Å²) in [5.41, 5.74) is 2.69. The third-order valence-corrected chi connectivity index (χ3v) is 4.47. The SMILES string of the molecule is CSc1ccccc1C(=O)OCC(=O)NCCOc1ccc(C)cc1C. The number of esters is 1. The molecule has 1 amide bonds. The Morgan fingerprint density at radius 3 is 2.62 bits per heavy atom. The number of benzene rings is 2. The predicted molar refractivity (Wildman–Crippen MR) is 103 cm³/mol. The number of amides is 1. The summed E-state index contributed by atoms with van der Waals surface area (Å²) in [5, 5.41) is 2.67. The van der Waals surface area contributed by atoms with Crippen molar-refractivity contribution in [1.29, 1.82) is 0 Å². The molecule has 0 saturated heterocycles. The minimum atomic E-state index is -0.503. The summed E-state index contributed by atoms with van der Waals surface area (Å²) in [6.45, 7) is 4.37. The summed E-state index contributed by atoms with van der Waals surface area (Å²) in [6.07, 6.45) is 1.88. The third kappa shape index (κ3) is 5.81. The normalized spacial score (nSPS) is 10.3. The molecule has 26 heavy (non-hydrogen) atoms. The van der Waals surface area contributed by atoms with Crippen molar-refractivity contribution in [3.8, 4) is 5.75 Å². The first-order valence-electron chi connectivity index (χ1n) is 8.28. The van der Waals surface area contributed by atoms with E-state index < -0.39 is 5.97 Å². The summed E-state index contributed by atoms with van der Waals surface area (Å²) < 4.78 is 10.7. The Morgan fingerprint density at radius 1 is 1.12 bits per heavy atom. The number of ether oxygens (including phenoxy) is 2. The number of thioether (sulfide) groups is 1. The molecule has 0 aromatic heterocycles. The summed E-state index contributed by atoms with van der Waals surface area (Å²) in [6, 6.07) is 13.1. The second-order valence-corrected chi connectivity index (χ2v) is 6.59. The highest BCUT2D eigenvalue weighted by Crippen LogP contribution is 2.20. The van der Waals surface area contributed by atoms with Crippen LogP contribution in [0.1, 0.15) is 21.5 Å². The molecule has 0 saturated carbocycles. The van der Waals surface area contributed by atoms with Gasteiger partial charge in [0.2, 0.25) is 0 Å². The van der Waals surface area contributed by atoms with Crippen LogP contribution in [0.2, 0.25) is 0 Å². The fraction of sp³-hybridized carbons (Fsp3) is 0.300. The maximum atomic E-state index is 12.1. The van der Waals surface area contributed by atoms with E-state index in [2.05, 4.69) is 5.32 Å². The maximum Gasteiger partial charge on any atom is 0.339 e. The summed E-state index contributed by atoms with van der Waals surface area (Å²) >= 11 is 1.46. The van der Waals surface area contributed by atoms with Crippen LogP contribution < -0.4 is 10.1 Å². The number of hydrogen-bond acceptors (Lipinski definition) is 5. The summed E-state index contributed by atoms with van der Waals surface area (Å²) in [4.78, 5) is 24.7. The van der Waals surface area contributed by atoms with Gasteiger partial charge in [-0.2, -0.15) is 0 Å². The van der Waals surface area contributed by atoms with E-state index in [1.807, 2.05) is 50.4 Å². The highest BCUT2D eigenvalue weighted by molar-refractivity contribution is 7.98. The zero-order valence-electron chi connectivity index (χ0n) is 15.2. The Labute approximate surface area is 158 Å². The molecule has 0 aliphatic heterocycles. The van der Waals surface area contributed by atoms with Crippen LogP contribution in [0.5, 0.6) is 5.75 Å². The van der Waals surface area contributed by atoms with Crippen LogP contribution in [0.3, 0.4) is 0 Å². The lowest BCUT2D eigenvalue weighted by Crippen LogP contribution is -2.32. The van der Waals surface area contributed by atoms with E-state index in [1.165, 1.54) is 17.3 Å². The van der Waals surface area contributed by atoms with E-state index in [9.17, 15) is 9.59 Å². The van der Waals surface area contributed by atoms with Crippen molar-refractivity contribution in [2.45, 2.75) is 18.7 Å². The first-order valence-corrected chi connectivity index (χ1v) is 9.50. The molecule has 2 aromatic rings. The minimum absolute atomic E-state index is 0.314. The fourth-order valence-corrected chi connectivity index (χ4v) is 2.97. The molecule has 6 heteroatoms. The van der Waals surface area contributed by atoms with Gasteiger partial charge >= 0.3 is 5.97 Å². The molecular weight excluding hydrogens is 350 g/mol. The predicted octanol–water partition coefficient (Wildman–Crippen LogP) is 3.38. The highest BCUT2D eigenvalue weighted by Gasteiger charge is 2.13. The smallest absolute Gasteiger partial charge is 0.339 e.